The van der Waals surface area contributed by atoms with Crippen molar-refractivity contribution in [2.75, 3.05) is 5.75 Å². The van der Waals surface area contributed by atoms with Gasteiger partial charge < -0.3 is 9.88 Å². The lowest BCUT2D eigenvalue weighted by Crippen LogP contribution is -2.47. The van der Waals surface area contributed by atoms with E-state index in [2.05, 4.69) is 21.6 Å². The number of carbonyl (C=O) groups is 1. The maximum Gasteiger partial charge on any atom is 0.231 e. The molecule has 0 radical (unpaired) electrons. The summed E-state index contributed by atoms with van der Waals surface area (Å²) in [5, 5.41) is 21.2. The molecule has 1 atom stereocenters. The van der Waals surface area contributed by atoms with Crippen LogP contribution >= 0.6 is 11.8 Å². The Bertz CT molecular complexity index is 778. The van der Waals surface area contributed by atoms with Gasteiger partial charge in [0, 0.05) is 12.6 Å². The maximum absolute atomic E-state index is 12.2. The van der Waals surface area contributed by atoms with Crippen molar-refractivity contribution in [3.8, 4) is 17.5 Å². The van der Waals surface area contributed by atoms with Crippen molar-refractivity contribution in [1.82, 2.24) is 20.1 Å². The zero-order valence-electron chi connectivity index (χ0n) is 13.7. The fourth-order valence-corrected chi connectivity index (χ4v) is 3.33. The number of amides is 1. The summed E-state index contributed by atoms with van der Waals surface area (Å²) in [6.07, 6.45) is 2.00. The highest BCUT2D eigenvalue weighted by molar-refractivity contribution is 7.99. The van der Waals surface area contributed by atoms with Crippen LogP contribution in [0.5, 0.6) is 0 Å². The SMILES string of the molecule is Cn1c(SCC(=O)N[C@](C)(C#N)C2CC2)nnc1-c1ccccc1. The molecule has 1 aromatic carbocycles. The van der Waals surface area contributed by atoms with Gasteiger partial charge in [-0.15, -0.1) is 10.2 Å². The standard InChI is InChI=1S/C17H19N5OS/c1-17(11-18,13-8-9-13)19-14(23)10-24-16-21-20-15(22(16)2)12-6-4-3-5-7-12/h3-7,13H,8-10H2,1-2H3,(H,19,23)/t17-/m1/s1. The molecule has 0 spiro atoms. The molecule has 7 heteroatoms. The number of carbonyl (C=O) groups excluding carboxylic acids is 1. The molecule has 24 heavy (non-hydrogen) atoms. The first-order chi connectivity index (χ1) is 11.5. The van der Waals surface area contributed by atoms with E-state index in [1.165, 1.54) is 11.8 Å². The predicted octanol–water partition coefficient (Wildman–Crippen LogP) is 2.38. The molecule has 1 aliphatic rings. The van der Waals surface area contributed by atoms with Crippen LogP contribution in [0.2, 0.25) is 0 Å². The van der Waals surface area contributed by atoms with E-state index in [-0.39, 0.29) is 17.6 Å². The van der Waals surface area contributed by atoms with E-state index in [9.17, 15) is 10.1 Å². The van der Waals surface area contributed by atoms with Crippen molar-refractivity contribution in [2.45, 2.75) is 30.5 Å². The Morgan fingerprint density at radius 3 is 2.75 bits per heavy atom. The van der Waals surface area contributed by atoms with Crippen molar-refractivity contribution in [3.63, 3.8) is 0 Å². The highest BCUT2D eigenvalue weighted by atomic mass is 32.2. The van der Waals surface area contributed by atoms with Crippen molar-refractivity contribution in [3.05, 3.63) is 30.3 Å². The van der Waals surface area contributed by atoms with E-state index in [4.69, 9.17) is 0 Å². The normalized spacial score (nSPS) is 16.2. The summed E-state index contributed by atoms with van der Waals surface area (Å²) < 4.78 is 1.87. The third-order valence-corrected chi connectivity index (χ3v) is 5.24. The minimum absolute atomic E-state index is 0.153. The van der Waals surface area contributed by atoms with Crippen LogP contribution < -0.4 is 5.32 Å². The molecule has 1 aromatic heterocycles. The molecular formula is C17H19N5OS. The molecule has 3 rings (SSSR count). The molecular weight excluding hydrogens is 322 g/mol. The van der Waals surface area contributed by atoms with Crippen LogP contribution in [0.3, 0.4) is 0 Å². The van der Waals surface area contributed by atoms with Gasteiger partial charge in [-0.25, -0.2) is 0 Å². The lowest BCUT2D eigenvalue weighted by molar-refractivity contribution is -0.119. The summed E-state index contributed by atoms with van der Waals surface area (Å²) in [5.74, 6) is 1.10. The van der Waals surface area contributed by atoms with Gasteiger partial charge >= 0.3 is 0 Å². The average molecular weight is 341 g/mol. The van der Waals surface area contributed by atoms with Gasteiger partial charge in [0.1, 0.15) is 5.54 Å². The molecule has 1 amide bonds. The summed E-state index contributed by atoms with van der Waals surface area (Å²) >= 11 is 1.32. The first-order valence-corrected chi connectivity index (χ1v) is 8.82. The minimum Gasteiger partial charge on any atom is -0.337 e. The number of hydrogen-bond donors (Lipinski definition) is 1. The van der Waals surface area contributed by atoms with Crippen molar-refractivity contribution >= 4 is 17.7 Å². The second-order valence-electron chi connectivity index (χ2n) is 6.16. The van der Waals surface area contributed by atoms with Crippen LogP contribution in [0.15, 0.2) is 35.5 Å². The van der Waals surface area contributed by atoms with E-state index in [1.807, 2.05) is 41.9 Å². The van der Waals surface area contributed by atoms with E-state index < -0.39 is 5.54 Å². The van der Waals surface area contributed by atoms with Gasteiger partial charge in [0.05, 0.1) is 11.8 Å². The summed E-state index contributed by atoms with van der Waals surface area (Å²) in [6, 6.07) is 12.0. The highest BCUT2D eigenvalue weighted by Crippen LogP contribution is 2.39. The fraction of sp³-hybridized carbons (Fsp3) is 0.412. The lowest BCUT2D eigenvalue weighted by Gasteiger charge is -2.22. The molecule has 1 saturated carbocycles. The minimum atomic E-state index is -0.757. The number of benzene rings is 1. The highest BCUT2D eigenvalue weighted by Gasteiger charge is 2.42. The summed E-state index contributed by atoms with van der Waals surface area (Å²) in [5.41, 5.74) is 0.224. The summed E-state index contributed by atoms with van der Waals surface area (Å²) in [4.78, 5) is 12.2. The van der Waals surface area contributed by atoms with Gasteiger partial charge in [0.2, 0.25) is 5.91 Å². The number of nitrogens with zero attached hydrogens (tertiary/aromatic N) is 4. The van der Waals surface area contributed by atoms with Gasteiger partial charge in [0.25, 0.3) is 0 Å². The van der Waals surface area contributed by atoms with Crippen LogP contribution in [0.4, 0.5) is 0 Å². The quantitative estimate of drug-likeness (QED) is 0.816. The summed E-state index contributed by atoms with van der Waals surface area (Å²) in [6.45, 7) is 1.79. The Hall–Kier alpha value is -2.33. The van der Waals surface area contributed by atoms with Gasteiger partial charge in [-0.1, -0.05) is 42.1 Å². The topological polar surface area (TPSA) is 83.6 Å². The number of nitriles is 1. The molecule has 0 bridgehead atoms. The maximum atomic E-state index is 12.2. The molecule has 0 unspecified atom stereocenters. The zero-order chi connectivity index (χ0) is 17.2. The third-order valence-electron chi connectivity index (χ3n) is 4.22. The second-order valence-corrected chi connectivity index (χ2v) is 7.10. The van der Waals surface area contributed by atoms with E-state index in [0.717, 1.165) is 24.2 Å². The van der Waals surface area contributed by atoms with Gasteiger partial charge in [0.15, 0.2) is 11.0 Å². The number of thioether (sulfide) groups is 1. The first kappa shape index (κ1) is 16.5. The third kappa shape index (κ3) is 3.44. The van der Waals surface area contributed by atoms with Crippen LogP contribution in [0, 0.1) is 17.2 Å². The Kier molecular flexibility index (Phi) is 4.58. The van der Waals surface area contributed by atoms with Crippen molar-refractivity contribution in [2.24, 2.45) is 13.0 Å². The average Bonchev–Trinajstić information content (AvgIpc) is 3.38. The molecule has 124 valence electrons. The molecule has 1 fully saturated rings. The number of aromatic nitrogens is 3. The Morgan fingerprint density at radius 2 is 2.12 bits per heavy atom. The van der Waals surface area contributed by atoms with Gasteiger partial charge in [-0.3, -0.25) is 4.79 Å². The lowest BCUT2D eigenvalue weighted by atomic mass is 9.98. The Labute approximate surface area is 145 Å². The van der Waals surface area contributed by atoms with E-state index in [0.29, 0.717) is 5.16 Å². The molecule has 6 nitrogen and oxygen atoms in total. The molecule has 1 heterocycles. The van der Waals surface area contributed by atoms with Crippen molar-refractivity contribution in [1.29, 1.82) is 5.26 Å². The van der Waals surface area contributed by atoms with Crippen LogP contribution in [0.25, 0.3) is 11.4 Å². The molecule has 1 N–H and O–H groups in total. The number of rotatable bonds is 6. The largest absolute Gasteiger partial charge is 0.337 e. The monoisotopic (exact) mass is 341 g/mol. The summed E-state index contributed by atoms with van der Waals surface area (Å²) in [7, 11) is 1.88. The Morgan fingerprint density at radius 1 is 1.42 bits per heavy atom. The first-order valence-electron chi connectivity index (χ1n) is 7.83. The van der Waals surface area contributed by atoms with Gasteiger partial charge in [-0.2, -0.15) is 5.26 Å². The molecule has 0 aliphatic heterocycles. The zero-order valence-corrected chi connectivity index (χ0v) is 14.5. The predicted molar refractivity (Wildman–Crippen MR) is 92.0 cm³/mol. The molecule has 2 aromatic rings. The number of nitrogens with one attached hydrogen (secondary N) is 1. The van der Waals surface area contributed by atoms with Crippen LogP contribution in [-0.4, -0.2) is 32.0 Å². The number of hydrogen-bond acceptors (Lipinski definition) is 5. The van der Waals surface area contributed by atoms with Crippen LogP contribution in [0.1, 0.15) is 19.8 Å². The van der Waals surface area contributed by atoms with Gasteiger partial charge in [-0.05, 0) is 25.7 Å². The van der Waals surface area contributed by atoms with E-state index in [1.54, 1.807) is 6.92 Å². The molecule has 1 aliphatic carbocycles. The second kappa shape index (κ2) is 6.65. The fourth-order valence-electron chi connectivity index (χ4n) is 2.62. The van der Waals surface area contributed by atoms with Crippen molar-refractivity contribution < 1.29 is 4.79 Å². The van der Waals surface area contributed by atoms with Crippen LogP contribution in [-0.2, 0) is 11.8 Å². The van der Waals surface area contributed by atoms with E-state index >= 15 is 0 Å². The Balaban J connectivity index is 1.62. The molecule has 0 saturated heterocycles. The smallest absolute Gasteiger partial charge is 0.231 e.